The average molecular weight is 486 g/mol. The number of guanidine groups is 1. The Kier molecular flexibility index (Phi) is 8.61. The van der Waals surface area contributed by atoms with Crippen LogP contribution in [0.1, 0.15) is 24.8 Å². The highest BCUT2D eigenvalue weighted by Gasteiger charge is 2.22. The molecule has 0 radical (unpaired) electrons. The monoisotopic (exact) mass is 485 g/mol. The number of aliphatic imine (C=N–C) groups is 1. The van der Waals surface area contributed by atoms with Crippen molar-refractivity contribution in [1.29, 1.82) is 0 Å². The lowest BCUT2D eigenvalue weighted by atomic mass is 10.0. The summed E-state index contributed by atoms with van der Waals surface area (Å²) in [6.07, 6.45) is 5.33. The van der Waals surface area contributed by atoms with Crippen LogP contribution in [0, 0.1) is 0 Å². The van der Waals surface area contributed by atoms with Gasteiger partial charge in [-0.3, -0.25) is 9.89 Å². The van der Waals surface area contributed by atoms with Crippen LogP contribution in [0.25, 0.3) is 0 Å². The van der Waals surface area contributed by atoms with Crippen molar-refractivity contribution in [3.05, 3.63) is 59.2 Å². The summed E-state index contributed by atoms with van der Waals surface area (Å²) in [6.45, 7) is 2.67. The fourth-order valence-corrected chi connectivity index (χ4v) is 3.37. The Balaban J connectivity index is 0.00000243. The molecule has 5 nitrogen and oxygen atoms in total. The summed E-state index contributed by atoms with van der Waals surface area (Å²) in [7, 11) is 0. The van der Waals surface area contributed by atoms with Crippen LogP contribution in [0.4, 0.5) is 5.82 Å². The quantitative estimate of drug-likeness (QED) is 0.380. The molecule has 0 spiro atoms. The van der Waals surface area contributed by atoms with Crippen LogP contribution in [0.5, 0.6) is 0 Å². The van der Waals surface area contributed by atoms with Crippen LogP contribution in [0.2, 0.25) is 5.02 Å². The van der Waals surface area contributed by atoms with Gasteiger partial charge in [0.15, 0.2) is 5.96 Å². The van der Waals surface area contributed by atoms with Crippen LogP contribution in [0.15, 0.2) is 53.7 Å². The lowest BCUT2D eigenvalue weighted by Crippen LogP contribution is -2.41. The number of nitrogens with two attached hydrogens (primary N) is 1. The van der Waals surface area contributed by atoms with Crippen molar-refractivity contribution in [3.8, 4) is 0 Å². The molecule has 7 heteroatoms. The van der Waals surface area contributed by atoms with E-state index in [4.69, 9.17) is 17.3 Å². The van der Waals surface area contributed by atoms with E-state index < -0.39 is 0 Å². The van der Waals surface area contributed by atoms with Gasteiger partial charge in [0.25, 0.3) is 0 Å². The summed E-state index contributed by atoms with van der Waals surface area (Å²) in [5.41, 5.74) is 7.24. The molecule has 1 saturated heterocycles. The molecular formula is C19H25ClIN5. The van der Waals surface area contributed by atoms with Gasteiger partial charge in [0.2, 0.25) is 0 Å². The third-order valence-electron chi connectivity index (χ3n) is 4.42. The number of benzene rings is 1. The molecule has 1 atom stereocenters. The largest absolute Gasteiger partial charge is 0.370 e. The van der Waals surface area contributed by atoms with E-state index in [1.165, 1.54) is 18.4 Å². The Morgan fingerprint density at radius 2 is 2.15 bits per heavy atom. The first kappa shape index (κ1) is 20.9. The third-order valence-corrected chi connectivity index (χ3v) is 4.65. The number of hydrogen-bond donors (Lipinski definition) is 2. The number of nitrogens with one attached hydrogen (secondary N) is 1. The van der Waals surface area contributed by atoms with Gasteiger partial charge in [0.05, 0.1) is 6.54 Å². The second kappa shape index (κ2) is 10.7. The molecule has 140 valence electrons. The molecule has 2 heterocycles. The number of piperidine rings is 1. The number of likely N-dealkylation sites (tertiary alicyclic amines) is 1. The predicted molar refractivity (Wildman–Crippen MR) is 119 cm³/mol. The number of halogens is 2. The van der Waals surface area contributed by atoms with Crippen LogP contribution in [-0.2, 0) is 6.54 Å². The molecule has 1 aromatic carbocycles. The second-order valence-corrected chi connectivity index (χ2v) is 6.75. The summed E-state index contributed by atoms with van der Waals surface area (Å²) >= 11 is 6.11. The highest BCUT2D eigenvalue weighted by Crippen LogP contribution is 2.21. The lowest BCUT2D eigenvalue weighted by molar-refractivity contribution is 0.145. The number of anilines is 1. The van der Waals surface area contributed by atoms with Crippen molar-refractivity contribution < 1.29 is 0 Å². The number of nitrogens with zero attached hydrogens (tertiary/aromatic N) is 3. The Hall–Kier alpha value is -1.38. The lowest BCUT2D eigenvalue weighted by Gasteiger charge is -2.35. The third kappa shape index (κ3) is 6.41. The SMILES string of the molecule is I.NC(=NCC1CCCCN1Cc1cccc(Cl)c1)Nc1ccccn1. The minimum atomic E-state index is 0. The topological polar surface area (TPSA) is 66.5 Å². The van der Waals surface area contributed by atoms with E-state index in [0.29, 0.717) is 24.4 Å². The second-order valence-electron chi connectivity index (χ2n) is 6.32. The Morgan fingerprint density at radius 1 is 1.27 bits per heavy atom. The molecule has 0 bridgehead atoms. The minimum absolute atomic E-state index is 0. The molecule has 2 aromatic rings. The van der Waals surface area contributed by atoms with Gasteiger partial charge < -0.3 is 11.1 Å². The molecule has 26 heavy (non-hydrogen) atoms. The highest BCUT2D eigenvalue weighted by atomic mass is 127. The van der Waals surface area contributed by atoms with Crippen molar-refractivity contribution in [2.24, 2.45) is 10.7 Å². The van der Waals surface area contributed by atoms with Crippen molar-refractivity contribution in [2.75, 3.05) is 18.4 Å². The highest BCUT2D eigenvalue weighted by molar-refractivity contribution is 14.0. The molecule has 3 N–H and O–H groups in total. The summed E-state index contributed by atoms with van der Waals surface area (Å²) in [5.74, 6) is 1.12. The number of pyridine rings is 1. The van der Waals surface area contributed by atoms with E-state index >= 15 is 0 Å². The number of aromatic nitrogens is 1. The summed E-state index contributed by atoms with van der Waals surface area (Å²) in [4.78, 5) is 11.2. The molecule has 1 aliphatic heterocycles. The van der Waals surface area contributed by atoms with E-state index in [-0.39, 0.29) is 24.0 Å². The van der Waals surface area contributed by atoms with Gasteiger partial charge >= 0.3 is 0 Å². The van der Waals surface area contributed by atoms with Crippen LogP contribution < -0.4 is 11.1 Å². The van der Waals surface area contributed by atoms with E-state index in [9.17, 15) is 0 Å². The minimum Gasteiger partial charge on any atom is -0.370 e. The van der Waals surface area contributed by atoms with Gasteiger partial charge in [0.1, 0.15) is 5.82 Å². The van der Waals surface area contributed by atoms with Crippen molar-refractivity contribution >= 4 is 47.4 Å². The first-order valence-corrected chi connectivity index (χ1v) is 9.05. The van der Waals surface area contributed by atoms with Crippen molar-refractivity contribution in [2.45, 2.75) is 31.8 Å². The first-order chi connectivity index (χ1) is 12.2. The van der Waals surface area contributed by atoms with Gasteiger partial charge in [-0.2, -0.15) is 0 Å². The van der Waals surface area contributed by atoms with Crippen LogP contribution in [-0.4, -0.2) is 35.0 Å². The standard InChI is InChI=1S/C19H24ClN5.HI/c20-16-7-5-6-15(12-16)14-25-11-4-2-8-17(25)13-23-19(21)24-18-9-1-3-10-22-18;/h1,3,5-7,9-10,12,17H,2,4,8,11,13-14H2,(H3,21,22,23,24);1H. The molecule has 1 unspecified atom stereocenters. The Labute approximate surface area is 177 Å². The van der Waals surface area contributed by atoms with Crippen LogP contribution >= 0.6 is 35.6 Å². The zero-order chi connectivity index (χ0) is 17.5. The smallest absolute Gasteiger partial charge is 0.194 e. The molecule has 3 rings (SSSR count). The fourth-order valence-electron chi connectivity index (χ4n) is 3.16. The van der Waals surface area contributed by atoms with Gasteiger partial charge in [-0.05, 0) is 49.2 Å². The maximum absolute atomic E-state index is 6.11. The number of hydrogen-bond acceptors (Lipinski definition) is 3. The molecule has 0 saturated carbocycles. The van der Waals surface area contributed by atoms with E-state index in [1.54, 1.807) is 6.20 Å². The van der Waals surface area contributed by atoms with E-state index in [0.717, 1.165) is 24.5 Å². The van der Waals surface area contributed by atoms with Crippen LogP contribution in [0.3, 0.4) is 0 Å². The predicted octanol–water partition coefficient (Wildman–Crippen LogP) is 4.13. The van der Waals surface area contributed by atoms with Gasteiger partial charge in [0, 0.05) is 23.8 Å². The summed E-state index contributed by atoms with van der Waals surface area (Å²) in [5, 5.41) is 3.82. The molecule has 1 fully saturated rings. The maximum atomic E-state index is 6.11. The van der Waals surface area contributed by atoms with Gasteiger partial charge in [-0.15, -0.1) is 24.0 Å². The average Bonchev–Trinajstić information content (AvgIpc) is 2.62. The molecule has 0 amide bonds. The maximum Gasteiger partial charge on any atom is 0.194 e. The zero-order valence-corrected chi connectivity index (χ0v) is 17.7. The van der Waals surface area contributed by atoms with Gasteiger partial charge in [-0.1, -0.05) is 36.2 Å². The first-order valence-electron chi connectivity index (χ1n) is 8.67. The summed E-state index contributed by atoms with van der Waals surface area (Å²) < 4.78 is 0. The van der Waals surface area contributed by atoms with Crippen molar-refractivity contribution in [3.63, 3.8) is 0 Å². The van der Waals surface area contributed by atoms with Crippen molar-refractivity contribution in [1.82, 2.24) is 9.88 Å². The number of rotatable bonds is 5. The van der Waals surface area contributed by atoms with Gasteiger partial charge in [-0.25, -0.2) is 4.98 Å². The molecule has 1 aromatic heterocycles. The van der Waals surface area contributed by atoms with E-state index in [1.807, 2.05) is 36.4 Å². The molecule has 1 aliphatic rings. The molecule has 0 aliphatic carbocycles. The van der Waals surface area contributed by atoms with E-state index in [2.05, 4.69) is 26.3 Å². The fraction of sp³-hybridized carbons (Fsp3) is 0.368. The summed E-state index contributed by atoms with van der Waals surface area (Å²) in [6, 6.07) is 14.1. The molecular weight excluding hydrogens is 461 g/mol. The normalized spacial score (nSPS) is 18.2. The zero-order valence-electron chi connectivity index (χ0n) is 14.6. The Morgan fingerprint density at radius 3 is 2.92 bits per heavy atom. The Bertz CT molecular complexity index is 710.